The number of hydrogen-bond donors (Lipinski definition) is 1. The van der Waals surface area contributed by atoms with Crippen LogP contribution in [0.4, 0.5) is 10.8 Å². The molecule has 0 fully saturated rings. The summed E-state index contributed by atoms with van der Waals surface area (Å²) >= 11 is 2.88. The smallest absolute Gasteiger partial charge is 0.233 e. The Morgan fingerprint density at radius 1 is 1.28 bits per heavy atom. The summed E-state index contributed by atoms with van der Waals surface area (Å²) in [5.41, 5.74) is 0.918. The number of methoxy groups -OCH3 is 1. The predicted molar refractivity (Wildman–Crippen MR) is 104 cm³/mol. The molecule has 25 heavy (non-hydrogen) atoms. The summed E-state index contributed by atoms with van der Waals surface area (Å²) in [6.45, 7) is 5.72. The van der Waals surface area contributed by atoms with Crippen LogP contribution in [0, 0.1) is 0 Å². The number of ether oxygens (including phenoxy) is 1. The number of rotatable bonds is 10. The zero-order chi connectivity index (χ0) is 18.1. The van der Waals surface area contributed by atoms with Gasteiger partial charge in [-0.25, -0.2) is 0 Å². The summed E-state index contributed by atoms with van der Waals surface area (Å²) in [7, 11) is 1.64. The first-order valence-electron chi connectivity index (χ1n) is 8.31. The van der Waals surface area contributed by atoms with Gasteiger partial charge >= 0.3 is 0 Å². The summed E-state index contributed by atoms with van der Waals surface area (Å²) in [6, 6.07) is 7.60. The molecule has 2 rings (SSSR count). The van der Waals surface area contributed by atoms with Crippen molar-refractivity contribution in [2.45, 2.75) is 31.0 Å². The van der Waals surface area contributed by atoms with Gasteiger partial charge in [-0.15, -0.1) is 10.2 Å². The molecule has 1 N–H and O–H groups in total. The van der Waals surface area contributed by atoms with Crippen LogP contribution in [0.25, 0.3) is 0 Å². The van der Waals surface area contributed by atoms with E-state index in [0.717, 1.165) is 41.7 Å². The number of amides is 1. The van der Waals surface area contributed by atoms with Gasteiger partial charge in [-0.3, -0.25) is 4.79 Å². The van der Waals surface area contributed by atoms with Crippen molar-refractivity contribution in [2.75, 3.05) is 31.3 Å². The quantitative estimate of drug-likeness (QED) is 0.628. The summed E-state index contributed by atoms with van der Waals surface area (Å²) in [4.78, 5) is 14.1. The number of unbranched alkanes of at least 4 members (excludes halogenated alkanes) is 1. The van der Waals surface area contributed by atoms with E-state index in [4.69, 9.17) is 4.74 Å². The van der Waals surface area contributed by atoms with Gasteiger partial charge in [0, 0.05) is 18.8 Å². The van der Waals surface area contributed by atoms with E-state index in [1.165, 1.54) is 23.1 Å². The second-order valence-electron chi connectivity index (χ2n) is 5.34. The molecule has 0 saturated heterocycles. The van der Waals surface area contributed by atoms with Crippen LogP contribution in [0.2, 0.25) is 0 Å². The molecule has 2 aromatic rings. The number of aromatic nitrogens is 2. The van der Waals surface area contributed by atoms with Crippen molar-refractivity contribution in [3.63, 3.8) is 0 Å². The average molecular weight is 381 g/mol. The van der Waals surface area contributed by atoms with Gasteiger partial charge in [0.1, 0.15) is 5.75 Å². The van der Waals surface area contributed by atoms with Crippen LogP contribution in [-0.4, -0.2) is 47.0 Å². The molecule has 0 bridgehead atoms. The first-order chi connectivity index (χ1) is 12.2. The molecule has 0 aliphatic heterocycles. The maximum absolute atomic E-state index is 12.2. The fourth-order valence-corrected chi connectivity index (χ4v) is 3.81. The lowest BCUT2D eigenvalue weighted by Gasteiger charge is -2.19. The Hall–Kier alpha value is -1.80. The molecule has 0 saturated carbocycles. The van der Waals surface area contributed by atoms with E-state index >= 15 is 0 Å². The van der Waals surface area contributed by atoms with Gasteiger partial charge in [0.15, 0.2) is 4.34 Å². The molecule has 8 heteroatoms. The maximum Gasteiger partial charge on any atom is 0.233 e. The zero-order valence-corrected chi connectivity index (χ0v) is 16.5. The highest BCUT2D eigenvalue weighted by molar-refractivity contribution is 8.01. The number of hydrogen-bond acceptors (Lipinski definition) is 7. The van der Waals surface area contributed by atoms with E-state index in [2.05, 4.69) is 22.4 Å². The van der Waals surface area contributed by atoms with Crippen LogP contribution in [0.15, 0.2) is 28.6 Å². The fraction of sp³-hybridized carbons (Fsp3) is 0.471. The summed E-state index contributed by atoms with van der Waals surface area (Å²) in [5, 5.41) is 12.2. The second kappa shape index (κ2) is 10.2. The number of anilines is 2. The molecular formula is C17H24N4O2S2. The van der Waals surface area contributed by atoms with Crippen LogP contribution < -0.4 is 10.1 Å². The molecule has 0 radical (unpaired) electrons. The Balaban J connectivity index is 1.85. The standard InChI is InChI=1S/C17H24N4O2S2/c1-4-6-11-21(5-2)15(22)12-24-17-20-19-16(25-17)18-13-7-9-14(23-3)10-8-13/h7-10H,4-6,11-12H2,1-3H3,(H,18,19). The number of nitrogens with one attached hydrogen (secondary N) is 1. The fourth-order valence-electron chi connectivity index (χ4n) is 2.14. The Labute approximate surface area is 157 Å². The third-order valence-corrected chi connectivity index (χ3v) is 5.54. The van der Waals surface area contributed by atoms with Crippen LogP contribution in [0.1, 0.15) is 26.7 Å². The lowest BCUT2D eigenvalue weighted by molar-refractivity contribution is -0.128. The minimum absolute atomic E-state index is 0.154. The number of carbonyl (C=O) groups is 1. The predicted octanol–water partition coefficient (Wildman–Crippen LogP) is 4.03. The lowest BCUT2D eigenvalue weighted by Crippen LogP contribution is -2.33. The maximum atomic E-state index is 12.2. The Morgan fingerprint density at radius 3 is 2.68 bits per heavy atom. The monoisotopic (exact) mass is 380 g/mol. The van der Waals surface area contributed by atoms with Gasteiger partial charge < -0.3 is 15.0 Å². The summed E-state index contributed by atoms with van der Waals surface area (Å²) in [5.74, 6) is 1.36. The van der Waals surface area contributed by atoms with E-state index in [0.29, 0.717) is 10.9 Å². The molecule has 0 aliphatic carbocycles. The third kappa shape index (κ3) is 6.21. The molecule has 0 atom stereocenters. The largest absolute Gasteiger partial charge is 0.497 e. The van der Waals surface area contributed by atoms with Crippen molar-refractivity contribution in [1.29, 1.82) is 0 Å². The molecule has 6 nitrogen and oxygen atoms in total. The summed E-state index contributed by atoms with van der Waals surface area (Å²) < 4.78 is 5.93. The highest BCUT2D eigenvalue weighted by atomic mass is 32.2. The highest BCUT2D eigenvalue weighted by Gasteiger charge is 2.13. The topological polar surface area (TPSA) is 67.4 Å². The number of nitrogens with zero attached hydrogens (tertiary/aromatic N) is 3. The van der Waals surface area contributed by atoms with Crippen molar-refractivity contribution in [2.24, 2.45) is 0 Å². The highest BCUT2D eigenvalue weighted by Crippen LogP contribution is 2.28. The van der Waals surface area contributed by atoms with Gasteiger partial charge in [0.2, 0.25) is 11.0 Å². The van der Waals surface area contributed by atoms with Crippen molar-refractivity contribution in [3.8, 4) is 5.75 Å². The minimum Gasteiger partial charge on any atom is -0.497 e. The van der Waals surface area contributed by atoms with Crippen LogP contribution in [0.5, 0.6) is 5.75 Å². The summed E-state index contributed by atoms with van der Waals surface area (Å²) in [6.07, 6.45) is 2.13. The van der Waals surface area contributed by atoms with Gasteiger partial charge in [-0.2, -0.15) is 0 Å². The Kier molecular flexibility index (Phi) is 8.00. The SMILES string of the molecule is CCCCN(CC)C(=O)CSc1nnc(Nc2ccc(OC)cc2)s1. The second-order valence-corrected chi connectivity index (χ2v) is 7.54. The molecule has 1 aromatic heterocycles. The molecule has 1 amide bonds. The average Bonchev–Trinajstić information content (AvgIpc) is 3.08. The van der Waals surface area contributed by atoms with Gasteiger partial charge in [-0.05, 0) is 37.6 Å². The normalized spacial score (nSPS) is 10.5. The number of benzene rings is 1. The minimum atomic E-state index is 0.154. The van der Waals surface area contributed by atoms with Crippen LogP contribution >= 0.6 is 23.1 Å². The molecule has 0 aliphatic rings. The van der Waals surface area contributed by atoms with E-state index in [9.17, 15) is 4.79 Å². The van der Waals surface area contributed by atoms with E-state index in [-0.39, 0.29) is 5.91 Å². The number of thioether (sulfide) groups is 1. The van der Waals surface area contributed by atoms with Gasteiger partial charge in [0.05, 0.1) is 12.9 Å². The van der Waals surface area contributed by atoms with E-state index < -0.39 is 0 Å². The first-order valence-corrected chi connectivity index (χ1v) is 10.1. The Bertz CT molecular complexity index is 661. The molecule has 136 valence electrons. The van der Waals surface area contributed by atoms with Gasteiger partial charge in [-0.1, -0.05) is 36.4 Å². The van der Waals surface area contributed by atoms with Crippen molar-refractivity contribution < 1.29 is 9.53 Å². The van der Waals surface area contributed by atoms with Crippen LogP contribution in [0.3, 0.4) is 0 Å². The van der Waals surface area contributed by atoms with Crippen molar-refractivity contribution in [3.05, 3.63) is 24.3 Å². The van der Waals surface area contributed by atoms with E-state index in [1.807, 2.05) is 36.1 Å². The van der Waals surface area contributed by atoms with Gasteiger partial charge in [0.25, 0.3) is 0 Å². The van der Waals surface area contributed by atoms with Crippen LogP contribution in [-0.2, 0) is 4.79 Å². The lowest BCUT2D eigenvalue weighted by atomic mass is 10.3. The zero-order valence-electron chi connectivity index (χ0n) is 14.8. The number of carbonyl (C=O) groups excluding carboxylic acids is 1. The molecular weight excluding hydrogens is 356 g/mol. The molecule has 0 unspecified atom stereocenters. The first kappa shape index (κ1) is 19.5. The van der Waals surface area contributed by atoms with E-state index in [1.54, 1.807) is 7.11 Å². The molecule has 0 spiro atoms. The third-order valence-electron chi connectivity index (χ3n) is 3.58. The molecule has 1 heterocycles. The van der Waals surface area contributed by atoms with Crippen molar-refractivity contribution in [1.82, 2.24) is 15.1 Å². The molecule has 1 aromatic carbocycles. The Morgan fingerprint density at radius 2 is 2.04 bits per heavy atom. The van der Waals surface area contributed by atoms with Crippen molar-refractivity contribution >= 4 is 39.8 Å².